The minimum atomic E-state index is -0.275. The number of carbonyl (C=O) groups excluding carboxylic acids is 2. The van der Waals surface area contributed by atoms with Gasteiger partial charge in [-0.1, -0.05) is 18.2 Å². The topological polar surface area (TPSA) is 70.7 Å². The summed E-state index contributed by atoms with van der Waals surface area (Å²) in [5.74, 6) is 0.377. The van der Waals surface area contributed by atoms with Crippen LogP contribution in [0.4, 0.5) is 0 Å². The van der Waals surface area contributed by atoms with Gasteiger partial charge in [0.1, 0.15) is 5.75 Å². The van der Waals surface area contributed by atoms with E-state index in [2.05, 4.69) is 10.6 Å². The van der Waals surface area contributed by atoms with Crippen LogP contribution in [0.25, 0.3) is 0 Å². The van der Waals surface area contributed by atoms with Crippen LogP contribution < -0.4 is 15.4 Å². The van der Waals surface area contributed by atoms with E-state index in [1.165, 1.54) is 0 Å². The zero-order chi connectivity index (χ0) is 16.1. The molecule has 2 aliphatic heterocycles. The van der Waals surface area contributed by atoms with Gasteiger partial charge in [-0.3, -0.25) is 9.59 Å². The van der Waals surface area contributed by atoms with Crippen LogP contribution in [0.15, 0.2) is 30.3 Å². The molecule has 2 atom stereocenters. The van der Waals surface area contributed by atoms with Gasteiger partial charge in [-0.15, -0.1) is 0 Å². The Hall–Kier alpha value is -2.08. The van der Waals surface area contributed by atoms with E-state index in [-0.39, 0.29) is 31.0 Å². The third kappa shape index (κ3) is 4.01. The molecule has 2 fully saturated rings. The number of carbonyl (C=O) groups is 2. The molecule has 124 valence electrons. The third-order valence-corrected chi connectivity index (χ3v) is 4.49. The number of fused-ring (bicyclic) bond motifs is 2. The molecule has 6 nitrogen and oxygen atoms in total. The van der Waals surface area contributed by atoms with Crippen LogP contribution >= 0.6 is 0 Å². The van der Waals surface area contributed by atoms with Crippen LogP contribution in [0.3, 0.4) is 0 Å². The monoisotopic (exact) mass is 317 g/mol. The van der Waals surface area contributed by atoms with Gasteiger partial charge in [-0.05, 0) is 37.9 Å². The van der Waals surface area contributed by atoms with E-state index in [1.54, 1.807) is 12.1 Å². The minimum Gasteiger partial charge on any atom is -0.484 e. The van der Waals surface area contributed by atoms with Crippen LogP contribution in [0.1, 0.15) is 19.3 Å². The van der Waals surface area contributed by atoms with Gasteiger partial charge in [0.25, 0.3) is 5.91 Å². The molecule has 23 heavy (non-hydrogen) atoms. The predicted molar refractivity (Wildman–Crippen MR) is 86.1 cm³/mol. The number of hydrogen-bond donors (Lipinski definition) is 2. The lowest BCUT2D eigenvalue weighted by Crippen LogP contribution is -2.47. The molecular weight excluding hydrogens is 294 g/mol. The maximum atomic E-state index is 12.4. The Morgan fingerprint density at radius 2 is 1.96 bits per heavy atom. The molecule has 2 heterocycles. The van der Waals surface area contributed by atoms with E-state index in [0.29, 0.717) is 11.8 Å². The van der Waals surface area contributed by atoms with E-state index >= 15 is 0 Å². The van der Waals surface area contributed by atoms with Crippen LogP contribution in [-0.4, -0.2) is 55.0 Å². The molecule has 0 aromatic heterocycles. The number of nitrogens with zero attached hydrogens (tertiary/aromatic N) is 1. The Bertz CT molecular complexity index is 535. The summed E-state index contributed by atoms with van der Waals surface area (Å²) < 4.78 is 5.37. The summed E-state index contributed by atoms with van der Waals surface area (Å²) in [5, 5.41) is 6.03. The maximum Gasteiger partial charge on any atom is 0.258 e. The molecule has 0 radical (unpaired) electrons. The van der Waals surface area contributed by atoms with Crippen molar-refractivity contribution in [2.24, 2.45) is 0 Å². The fourth-order valence-electron chi connectivity index (χ4n) is 3.37. The summed E-state index contributed by atoms with van der Waals surface area (Å²) in [5.41, 5.74) is 0. The molecule has 1 aromatic rings. The first kappa shape index (κ1) is 15.8. The highest BCUT2D eigenvalue weighted by atomic mass is 16.5. The Morgan fingerprint density at radius 1 is 1.17 bits per heavy atom. The highest BCUT2D eigenvalue weighted by Gasteiger charge is 2.37. The minimum absolute atomic E-state index is 0.00858. The molecule has 0 spiro atoms. The Balaban J connectivity index is 1.44. The van der Waals surface area contributed by atoms with Crippen molar-refractivity contribution < 1.29 is 14.3 Å². The molecule has 2 unspecified atom stereocenters. The van der Waals surface area contributed by atoms with Crippen molar-refractivity contribution in [1.82, 2.24) is 15.5 Å². The summed E-state index contributed by atoms with van der Waals surface area (Å²) >= 11 is 0. The van der Waals surface area contributed by atoms with Crippen molar-refractivity contribution in [1.29, 1.82) is 0 Å². The molecule has 0 aliphatic carbocycles. The molecule has 2 saturated heterocycles. The van der Waals surface area contributed by atoms with Crippen LogP contribution in [-0.2, 0) is 9.59 Å². The van der Waals surface area contributed by atoms with Gasteiger partial charge in [0.15, 0.2) is 6.61 Å². The first-order valence-electron chi connectivity index (χ1n) is 8.20. The molecule has 2 aliphatic rings. The fourth-order valence-corrected chi connectivity index (χ4v) is 3.37. The predicted octanol–water partition coefficient (Wildman–Crippen LogP) is 0.534. The number of nitrogens with one attached hydrogen (secondary N) is 2. The second-order valence-corrected chi connectivity index (χ2v) is 6.06. The normalized spacial score (nSPS) is 23.2. The van der Waals surface area contributed by atoms with Gasteiger partial charge in [-0.25, -0.2) is 0 Å². The highest BCUT2D eigenvalue weighted by molar-refractivity contribution is 5.85. The largest absolute Gasteiger partial charge is 0.484 e. The summed E-state index contributed by atoms with van der Waals surface area (Å²) in [6.07, 6.45) is 3.12. The zero-order valence-electron chi connectivity index (χ0n) is 13.2. The van der Waals surface area contributed by atoms with Gasteiger partial charge >= 0.3 is 0 Å². The second kappa shape index (κ2) is 7.46. The number of ether oxygens (including phenoxy) is 1. The first-order valence-corrected chi connectivity index (χ1v) is 8.20. The lowest BCUT2D eigenvalue weighted by atomic mass is 10.1. The van der Waals surface area contributed by atoms with Gasteiger partial charge in [0.2, 0.25) is 5.91 Å². The quantitative estimate of drug-likeness (QED) is 0.831. The van der Waals surface area contributed by atoms with E-state index in [0.717, 1.165) is 32.4 Å². The molecular formula is C17H23N3O3. The van der Waals surface area contributed by atoms with Crippen LogP contribution in [0, 0.1) is 0 Å². The average molecular weight is 317 g/mol. The van der Waals surface area contributed by atoms with Crippen molar-refractivity contribution in [2.45, 2.75) is 31.3 Å². The van der Waals surface area contributed by atoms with E-state index < -0.39 is 0 Å². The lowest BCUT2D eigenvalue weighted by Gasteiger charge is -2.28. The number of rotatable bonds is 5. The number of para-hydroxylation sites is 1. The van der Waals surface area contributed by atoms with Crippen molar-refractivity contribution >= 4 is 11.8 Å². The average Bonchev–Trinajstić information content (AvgIpc) is 2.84. The first-order chi connectivity index (χ1) is 11.2. The maximum absolute atomic E-state index is 12.4. The molecule has 3 rings (SSSR count). The number of hydrogen-bond acceptors (Lipinski definition) is 4. The third-order valence-electron chi connectivity index (χ3n) is 4.49. The van der Waals surface area contributed by atoms with Crippen molar-refractivity contribution in [3.8, 4) is 5.75 Å². The summed E-state index contributed by atoms with van der Waals surface area (Å²) in [7, 11) is 0. The summed E-state index contributed by atoms with van der Waals surface area (Å²) in [6, 6.07) is 9.75. The van der Waals surface area contributed by atoms with Gasteiger partial charge in [0.05, 0.1) is 6.54 Å². The Labute approximate surface area is 136 Å². The standard InChI is InChI=1S/C17H23N3O3/c21-16(12-23-15-4-2-1-3-5-15)19-11-17(22)20-13-6-7-14(20)10-18-9-8-13/h1-5,13-14,18H,6-12H2,(H,19,21). The van der Waals surface area contributed by atoms with Crippen LogP contribution in [0.5, 0.6) is 5.75 Å². The summed E-state index contributed by atoms with van der Waals surface area (Å²) in [4.78, 5) is 26.2. The van der Waals surface area contributed by atoms with Crippen LogP contribution in [0.2, 0.25) is 0 Å². The second-order valence-electron chi connectivity index (χ2n) is 6.06. The molecule has 2 N–H and O–H groups in total. The lowest BCUT2D eigenvalue weighted by molar-refractivity contribution is -0.135. The molecule has 0 saturated carbocycles. The van der Waals surface area contributed by atoms with E-state index in [9.17, 15) is 9.59 Å². The number of amides is 2. The smallest absolute Gasteiger partial charge is 0.258 e. The molecule has 2 amide bonds. The molecule has 2 bridgehead atoms. The highest BCUT2D eigenvalue weighted by Crippen LogP contribution is 2.27. The molecule has 1 aromatic carbocycles. The fraction of sp³-hybridized carbons (Fsp3) is 0.529. The van der Waals surface area contributed by atoms with Gasteiger partial charge in [0, 0.05) is 18.6 Å². The Kier molecular flexibility index (Phi) is 5.12. The molecule has 6 heteroatoms. The number of benzene rings is 1. The zero-order valence-corrected chi connectivity index (χ0v) is 13.2. The van der Waals surface area contributed by atoms with Gasteiger partial charge < -0.3 is 20.3 Å². The van der Waals surface area contributed by atoms with Crippen molar-refractivity contribution in [2.75, 3.05) is 26.2 Å². The van der Waals surface area contributed by atoms with Gasteiger partial charge in [-0.2, -0.15) is 0 Å². The van der Waals surface area contributed by atoms with E-state index in [4.69, 9.17) is 4.74 Å². The SMILES string of the molecule is O=C(COc1ccccc1)NCC(=O)N1C2CCNCC1CC2. The van der Waals surface area contributed by atoms with Crippen molar-refractivity contribution in [3.63, 3.8) is 0 Å². The van der Waals surface area contributed by atoms with Crippen molar-refractivity contribution in [3.05, 3.63) is 30.3 Å². The van der Waals surface area contributed by atoms with E-state index in [1.807, 2.05) is 23.1 Å². The Morgan fingerprint density at radius 3 is 2.78 bits per heavy atom. The summed E-state index contributed by atoms with van der Waals surface area (Å²) in [6.45, 7) is 1.78.